The molecular formula is C12H18N2O2. The first-order valence-electron chi connectivity index (χ1n) is 5.85. The monoisotopic (exact) mass is 222 g/mol. The maximum Gasteiger partial charge on any atom is 0.257 e. The summed E-state index contributed by atoms with van der Waals surface area (Å²) in [5.41, 5.74) is 6.24. The second-order valence-electron chi connectivity index (χ2n) is 4.13. The van der Waals surface area contributed by atoms with Gasteiger partial charge in [-0.2, -0.15) is 0 Å². The first-order valence-corrected chi connectivity index (χ1v) is 5.85. The number of carbonyl (C=O) groups excluding carboxylic acids is 1. The Hall–Kier alpha value is -1.29. The van der Waals surface area contributed by atoms with Gasteiger partial charge in [0.1, 0.15) is 5.76 Å². The number of hydrogen-bond donors (Lipinski definition) is 1. The molecule has 0 bridgehead atoms. The Bertz CT molecular complexity index is 369. The van der Waals surface area contributed by atoms with Gasteiger partial charge in [0.2, 0.25) is 0 Å². The first-order chi connectivity index (χ1) is 7.77. The molecule has 1 aliphatic rings. The molecule has 0 unspecified atom stereocenters. The van der Waals surface area contributed by atoms with Crippen molar-refractivity contribution in [2.45, 2.75) is 32.2 Å². The lowest BCUT2D eigenvalue weighted by Crippen LogP contribution is -2.37. The van der Waals surface area contributed by atoms with Gasteiger partial charge in [-0.25, -0.2) is 0 Å². The predicted octanol–water partition coefficient (Wildman–Crippen LogP) is 1.41. The van der Waals surface area contributed by atoms with Crippen molar-refractivity contribution in [3.63, 3.8) is 0 Å². The Balaban J connectivity index is 2.15. The van der Waals surface area contributed by atoms with Crippen LogP contribution in [0.4, 0.5) is 0 Å². The normalized spacial score (nSPS) is 15.1. The number of nitrogens with two attached hydrogens (primary N) is 1. The fourth-order valence-corrected chi connectivity index (χ4v) is 1.93. The molecule has 0 aromatic carbocycles. The summed E-state index contributed by atoms with van der Waals surface area (Å²) in [6, 6.07) is 2.16. The number of carbonyl (C=O) groups is 1. The van der Waals surface area contributed by atoms with Crippen molar-refractivity contribution in [2.75, 3.05) is 13.1 Å². The van der Waals surface area contributed by atoms with E-state index in [2.05, 4.69) is 0 Å². The topological polar surface area (TPSA) is 59.5 Å². The molecule has 0 saturated heterocycles. The zero-order valence-electron chi connectivity index (χ0n) is 9.61. The molecule has 0 spiro atoms. The standard InChI is InChI=1S/C12H18N2O2/c1-2-11-10(5-8-16-11)12(15)14(7-6-13)9-3-4-9/h5,8-9H,2-4,6-7,13H2,1H3. The van der Waals surface area contributed by atoms with E-state index in [1.165, 1.54) is 0 Å². The van der Waals surface area contributed by atoms with Gasteiger partial charge in [0, 0.05) is 25.6 Å². The molecule has 1 aromatic heterocycles. The molecule has 1 heterocycles. The van der Waals surface area contributed by atoms with E-state index in [-0.39, 0.29) is 5.91 Å². The van der Waals surface area contributed by atoms with Crippen molar-refractivity contribution in [2.24, 2.45) is 5.73 Å². The Labute approximate surface area is 95.4 Å². The van der Waals surface area contributed by atoms with Crippen LogP contribution in [-0.2, 0) is 6.42 Å². The predicted molar refractivity (Wildman–Crippen MR) is 61.2 cm³/mol. The van der Waals surface area contributed by atoms with Gasteiger partial charge < -0.3 is 15.1 Å². The van der Waals surface area contributed by atoms with Crippen LogP contribution in [0.1, 0.15) is 35.9 Å². The van der Waals surface area contributed by atoms with Crippen LogP contribution in [0.25, 0.3) is 0 Å². The third-order valence-corrected chi connectivity index (χ3v) is 2.92. The summed E-state index contributed by atoms with van der Waals surface area (Å²) in [5.74, 6) is 0.839. The Morgan fingerprint density at radius 1 is 1.62 bits per heavy atom. The number of hydrogen-bond acceptors (Lipinski definition) is 3. The quantitative estimate of drug-likeness (QED) is 0.819. The molecule has 4 nitrogen and oxygen atoms in total. The Morgan fingerprint density at radius 3 is 2.94 bits per heavy atom. The largest absolute Gasteiger partial charge is 0.469 e. The highest BCUT2D eigenvalue weighted by Gasteiger charge is 2.33. The van der Waals surface area contributed by atoms with E-state index in [0.717, 1.165) is 25.0 Å². The zero-order valence-corrected chi connectivity index (χ0v) is 9.61. The van der Waals surface area contributed by atoms with E-state index in [1.807, 2.05) is 11.8 Å². The maximum atomic E-state index is 12.3. The second kappa shape index (κ2) is 4.70. The molecule has 0 atom stereocenters. The Morgan fingerprint density at radius 2 is 2.38 bits per heavy atom. The van der Waals surface area contributed by atoms with Gasteiger partial charge in [-0.3, -0.25) is 4.79 Å². The van der Waals surface area contributed by atoms with Gasteiger partial charge in [-0.15, -0.1) is 0 Å². The molecule has 2 rings (SSSR count). The molecule has 88 valence electrons. The molecule has 1 aliphatic carbocycles. The third-order valence-electron chi connectivity index (χ3n) is 2.92. The van der Waals surface area contributed by atoms with Crippen LogP contribution in [-0.4, -0.2) is 29.9 Å². The van der Waals surface area contributed by atoms with Gasteiger partial charge in [0.05, 0.1) is 11.8 Å². The van der Waals surface area contributed by atoms with Crippen LogP contribution < -0.4 is 5.73 Å². The summed E-state index contributed by atoms with van der Waals surface area (Å²) in [6.07, 6.45) is 4.53. The first kappa shape index (κ1) is 11.2. The van der Waals surface area contributed by atoms with E-state index in [9.17, 15) is 4.79 Å². The average Bonchev–Trinajstić information content (AvgIpc) is 3.01. The minimum atomic E-state index is 0.0681. The Kier molecular flexibility index (Phi) is 3.29. The fourth-order valence-electron chi connectivity index (χ4n) is 1.93. The number of rotatable bonds is 5. The second-order valence-corrected chi connectivity index (χ2v) is 4.13. The van der Waals surface area contributed by atoms with Crippen LogP contribution in [0.5, 0.6) is 0 Å². The minimum Gasteiger partial charge on any atom is -0.469 e. The highest BCUT2D eigenvalue weighted by molar-refractivity contribution is 5.95. The van der Waals surface area contributed by atoms with Crippen molar-refractivity contribution in [3.05, 3.63) is 23.7 Å². The smallest absolute Gasteiger partial charge is 0.257 e. The lowest BCUT2D eigenvalue weighted by Gasteiger charge is -2.21. The van der Waals surface area contributed by atoms with Crippen LogP contribution in [0.15, 0.2) is 16.7 Å². The number of aryl methyl sites for hydroxylation is 1. The molecule has 0 aliphatic heterocycles. The third kappa shape index (κ3) is 2.11. The van der Waals surface area contributed by atoms with Crippen molar-refractivity contribution < 1.29 is 9.21 Å². The molecule has 2 N–H and O–H groups in total. The number of nitrogens with zero attached hydrogens (tertiary/aromatic N) is 1. The molecule has 1 aromatic rings. The van der Waals surface area contributed by atoms with Crippen molar-refractivity contribution in [1.29, 1.82) is 0 Å². The highest BCUT2D eigenvalue weighted by Crippen LogP contribution is 2.28. The molecule has 1 saturated carbocycles. The fraction of sp³-hybridized carbons (Fsp3) is 0.583. The molecule has 0 radical (unpaired) electrons. The maximum absolute atomic E-state index is 12.3. The molecular weight excluding hydrogens is 204 g/mol. The highest BCUT2D eigenvalue weighted by atomic mass is 16.3. The lowest BCUT2D eigenvalue weighted by molar-refractivity contribution is 0.0746. The SMILES string of the molecule is CCc1occc1C(=O)N(CCN)C1CC1. The van der Waals surface area contributed by atoms with Crippen molar-refractivity contribution >= 4 is 5.91 Å². The molecule has 1 amide bonds. The van der Waals surface area contributed by atoms with E-state index in [1.54, 1.807) is 12.3 Å². The summed E-state index contributed by atoms with van der Waals surface area (Å²) in [6.45, 7) is 3.14. The molecule has 1 fully saturated rings. The summed E-state index contributed by atoms with van der Waals surface area (Å²) >= 11 is 0. The molecule has 16 heavy (non-hydrogen) atoms. The summed E-state index contributed by atoms with van der Waals surface area (Å²) in [5, 5.41) is 0. The van der Waals surface area contributed by atoms with Gasteiger partial charge in [0.25, 0.3) is 5.91 Å². The van der Waals surface area contributed by atoms with E-state index in [4.69, 9.17) is 10.2 Å². The van der Waals surface area contributed by atoms with E-state index in [0.29, 0.717) is 24.7 Å². The van der Waals surface area contributed by atoms with Crippen LogP contribution in [0.2, 0.25) is 0 Å². The molecule has 4 heteroatoms. The van der Waals surface area contributed by atoms with Gasteiger partial charge in [-0.05, 0) is 18.9 Å². The van der Waals surface area contributed by atoms with Crippen LogP contribution in [0.3, 0.4) is 0 Å². The summed E-state index contributed by atoms with van der Waals surface area (Å²) < 4.78 is 5.28. The summed E-state index contributed by atoms with van der Waals surface area (Å²) in [7, 11) is 0. The van der Waals surface area contributed by atoms with Gasteiger partial charge >= 0.3 is 0 Å². The van der Waals surface area contributed by atoms with Gasteiger partial charge in [0.15, 0.2) is 0 Å². The number of furan rings is 1. The number of amides is 1. The summed E-state index contributed by atoms with van der Waals surface area (Å²) in [4.78, 5) is 14.1. The van der Waals surface area contributed by atoms with Crippen molar-refractivity contribution in [3.8, 4) is 0 Å². The minimum absolute atomic E-state index is 0.0681. The van der Waals surface area contributed by atoms with Crippen LogP contribution in [0, 0.1) is 0 Å². The van der Waals surface area contributed by atoms with Crippen molar-refractivity contribution in [1.82, 2.24) is 4.90 Å². The zero-order chi connectivity index (χ0) is 11.5. The van der Waals surface area contributed by atoms with Crippen LogP contribution >= 0.6 is 0 Å². The lowest BCUT2D eigenvalue weighted by atomic mass is 10.2. The van der Waals surface area contributed by atoms with E-state index < -0.39 is 0 Å². The van der Waals surface area contributed by atoms with Gasteiger partial charge in [-0.1, -0.05) is 6.92 Å². The average molecular weight is 222 g/mol. The van der Waals surface area contributed by atoms with E-state index >= 15 is 0 Å².